The zero-order valence-electron chi connectivity index (χ0n) is 10.1. The molecule has 0 heterocycles. The summed E-state index contributed by atoms with van der Waals surface area (Å²) in [4.78, 5) is 0. The van der Waals surface area contributed by atoms with Gasteiger partial charge in [0.2, 0.25) is 0 Å². The first-order chi connectivity index (χ1) is 7.10. The lowest BCUT2D eigenvalue weighted by atomic mass is 9.95. The largest absolute Gasteiger partial charge is 0.379 e. The maximum Gasteiger partial charge on any atom is 0.0761 e. The zero-order chi connectivity index (χ0) is 11.4. The Balaban J connectivity index is 2.98. The topological polar surface area (TPSA) is 35.2 Å². The van der Waals surface area contributed by atoms with Gasteiger partial charge in [0.15, 0.2) is 0 Å². The van der Waals surface area contributed by atoms with Crippen LogP contribution >= 0.6 is 0 Å². The van der Waals surface area contributed by atoms with Crippen molar-refractivity contribution >= 4 is 0 Å². The molecular weight excluding hydrogens is 186 g/mol. The van der Waals surface area contributed by atoms with Gasteiger partial charge in [-0.15, -0.1) is 0 Å². The molecule has 0 spiro atoms. The first kappa shape index (κ1) is 12.2. The van der Waals surface area contributed by atoms with E-state index in [4.69, 9.17) is 10.5 Å². The van der Waals surface area contributed by atoms with Gasteiger partial charge in [-0.05, 0) is 31.4 Å². The van der Waals surface area contributed by atoms with E-state index in [2.05, 4.69) is 39.0 Å². The first-order valence-corrected chi connectivity index (χ1v) is 5.45. The van der Waals surface area contributed by atoms with Crippen molar-refractivity contribution in [3.63, 3.8) is 0 Å². The minimum Gasteiger partial charge on any atom is -0.379 e. The smallest absolute Gasteiger partial charge is 0.0761 e. The second kappa shape index (κ2) is 5.29. The van der Waals surface area contributed by atoms with Gasteiger partial charge in [0.25, 0.3) is 0 Å². The van der Waals surface area contributed by atoms with E-state index in [0.717, 1.165) is 6.42 Å². The SMILES string of the molecule is CCC(OC)C(N)c1cc(C)ccc1C. The van der Waals surface area contributed by atoms with Gasteiger partial charge in [-0.2, -0.15) is 0 Å². The quantitative estimate of drug-likeness (QED) is 0.824. The lowest BCUT2D eigenvalue weighted by Crippen LogP contribution is -2.28. The molecule has 0 aromatic heterocycles. The third-order valence-electron chi connectivity index (χ3n) is 2.90. The average molecular weight is 207 g/mol. The van der Waals surface area contributed by atoms with Crippen molar-refractivity contribution < 1.29 is 4.74 Å². The summed E-state index contributed by atoms with van der Waals surface area (Å²) in [5.41, 5.74) is 9.89. The Bertz CT molecular complexity index is 318. The molecule has 15 heavy (non-hydrogen) atoms. The summed E-state index contributed by atoms with van der Waals surface area (Å²) in [7, 11) is 1.72. The number of methoxy groups -OCH3 is 1. The third-order valence-corrected chi connectivity index (χ3v) is 2.90. The Labute approximate surface area is 92.4 Å². The summed E-state index contributed by atoms with van der Waals surface area (Å²) in [6.07, 6.45) is 1.04. The second-order valence-corrected chi connectivity index (χ2v) is 4.07. The summed E-state index contributed by atoms with van der Waals surface area (Å²) >= 11 is 0. The highest BCUT2D eigenvalue weighted by molar-refractivity contribution is 5.33. The van der Waals surface area contributed by atoms with Crippen LogP contribution in [0.5, 0.6) is 0 Å². The van der Waals surface area contributed by atoms with Crippen LogP contribution in [-0.2, 0) is 4.74 Å². The minimum atomic E-state index is -0.0279. The van der Waals surface area contributed by atoms with Crippen molar-refractivity contribution in [1.29, 1.82) is 0 Å². The fraction of sp³-hybridized carbons (Fsp3) is 0.538. The van der Waals surface area contributed by atoms with Crippen LogP contribution in [0.1, 0.15) is 36.1 Å². The average Bonchev–Trinajstić information content (AvgIpc) is 2.23. The molecule has 0 aliphatic rings. The van der Waals surface area contributed by atoms with E-state index in [1.54, 1.807) is 7.11 Å². The maximum atomic E-state index is 6.20. The van der Waals surface area contributed by atoms with Crippen LogP contribution < -0.4 is 5.73 Å². The highest BCUT2D eigenvalue weighted by Gasteiger charge is 2.18. The fourth-order valence-corrected chi connectivity index (χ4v) is 1.89. The van der Waals surface area contributed by atoms with E-state index in [0.29, 0.717) is 0 Å². The van der Waals surface area contributed by atoms with E-state index in [1.165, 1.54) is 16.7 Å². The van der Waals surface area contributed by atoms with Crippen molar-refractivity contribution in [3.8, 4) is 0 Å². The van der Waals surface area contributed by atoms with Crippen LogP contribution in [0.3, 0.4) is 0 Å². The Morgan fingerprint density at radius 3 is 2.53 bits per heavy atom. The lowest BCUT2D eigenvalue weighted by molar-refractivity contribution is 0.0770. The van der Waals surface area contributed by atoms with Gasteiger partial charge >= 0.3 is 0 Å². The number of aryl methyl sites for hydroxylation is 2. The minimum absolute atomic E-state index is 0.0279. The summed E-state index contributed by atoms with van der Waals surface area (Å²) < 4.78 is 5.39. The van der Waals surface area contributed by atoms with Gasteiger partial charge in [-0.1, -0.05) is 30.7 Å². The van der Waals surface area contributed by atoms with Gasteiger partial charge in [0.1, 0.15) is 0 Å². The molecule has 1 aromatic rings. The fourth-order valence-electron chi connectivity index (χ4n) is 1.89. The molecule has 2 heteroatoms. The molecule has 2 N–H and O–H groups in total. The normalized spacial score (nSPS) is 15.0. The van der Waals surface area contributed by atoms with Crippen LogP contribution in [0.25, 0.3) is 0 Å². The van der Waals surface area contributed by atoms with Crippen LogP contribution in [0.15, 0.2) is 18.2 Å². The zero-order valence-corrected chi connectivity index (χ0v) is 10.1. The standard InChI is InChI=1S/C13H21NO/c1-5-12(15-4)13(14)11-8-9(2)6-7-10(11)3/h6-8,12-13H,5,14H2,1-4H3. The number of hydrogen-bond donors (Lipinski definition) is 1. The Kier molecular flexibility index (Phi) is 4.30. The molecule has 84 valence electrons. The Hall–Kier alpha value is -0.860. The lowest BCUT2D eigenvalue weighted by Gasteiger charge is -2.23. The summed E-state index contributed by atoms with van der Waals surface area (Å²) in [5, 5.41) is 0. The van der Waals surface area contributed by atoms with E-state index in [-0.39, 0.29) is 12.1 Å². The number of rotatable bonds is 4. The van der Waals surface area contributed by atoms with Gasteiger partial charge < -0.3 is 10.5 Å². The molecule has 0 bridgehead atoms. The highest BCUT2D eigenvalue weighted by atomic mass is 16.5. The van der Waals surface area contributed by atoms with Crippen LogP contribution in [-0.4, -0.2) is 13.2 Å². The molecule has 0 saturated heterocycles. The maximum absolute atomic E-state index is 6.20. The van der Waals surface area contributed by atoms with Gasteiger partial charge in [0, 0.05) is 7.11 Å². The molecule has 2 nitrogen and oxygen atoms in total. The highest BCUT2D eigenvalue weighted by Crippen LogP contribution is 2.22. The first-order valence-electron chi connectivity index (χ1n) is 5.45. The van der Waals surface area contributed by atoms with Crippen LogP contribution in [0, 0.1) is 13.8 Å². The van der Waals surface area contributed by atoms with Crippen molar-refractivity contribution in [2.75, 3.05) is 7.11 Å². The van der Waals surface area contributed by atoms with Gasteiger partial charge in [0.05, 0.1) is 12.1 Å². The molecule has 1 rings (SSSR count). The van der Waals surface area contributed by atoms with Crippen LogP contribution in [0.4, 0.5) is 0 Å². The molecule has 1 aromatic carbocycles. The number of nitrogens with two attached hydrogens (primary N) is 1. The molecule has 0 fully saturated rings. The van der Waals surface area contributed by atoms with Gasteiger partial charge in [-0.3, -0.25) is 0 Å². The van der Waals surface area contributed by atoms with Crippen molar-refractivity contribution in [2.24, 2.45) is 5.73 Å². The van der Waals surface area contributed by atoms with E-state index < -0.39 is 0 Å². The van der Waals surface area contributed by atoms with Crippen LogP contribution in [0.2, 0.25) is 0 Å². The predicted octanol–water partition coefficient (Wildman–Crippen LogP) is 2.73. The number of benzene rings is 1. The predicted molar refractivity (Wildman–Crippen MR) is 63.9 cm³/mol. The van der Waals surface area contributed by atoms with Crippen molar-refractivity contribution in [3.05, 3.63) is 34.9 Å². The Morgan fingerprint density at radius 2 is 2.00 bits per heavy atom. The monoisotopic (exact) mass is 207 g/mol. The number of ether oxygens (including phenoxy) is 1. The Morgan fingerprint density at radius 1 is 1.33 bits per heavy atom. The molecule has 0 aliphatic carbocycles. The summed E-state index contributed by atoms with van der Waals surface area (Å²) in [5.74, 6) is 0. The third kappa shape index (κ3) is 2.80. The molecule has 0 amide bonds. The molecule has 0 aliphatic heterocycles. The molecule has 2 atom stereocenters. The molecule has 2 unspecified atom stereocenters. The van der Waals surface area contributed by atoms with E-state index >= 15 is 0 Å². The molecule has 0 saturated carbocycles. The molecule has 0 radical (unpaired) electrons. The summed E-state index contributed by atoms with van der Waals surface area (Å²) in [6, 6.07) is 6.35. The van der Waals surface area contributed by atoms with Gasteiger partial charge in [-0.25, -0.2) is 0 Å². The molecular formula is C13H21NO. The number of hydrogen-bond acceptors (Lipinski definition) is 2. The summed E-state index contributed by atoms with van der Waals surface area (Å²) in [6.45, 7) is 6.28. The van der Waals surface area contributed by atoms with Crippen molar-refractivity contribution in [2.45, 2.75) is 39.3 Å². The second-order valence-electron chi connectivity index (χ2n) is 4.07. The van der Waals surface area contributed by atoms with E-state index in [1.807, 2.05) is 0 Å². The van der Waals surface area contributed by atoms with Crippen molar-refractivity contribution in [1.82, 2.24) is 0 Å². The van der Waals surface area contributed by atoms with E-state index in [9.17, 15) is 0 Å².